The molecule has 0 aromatic carbocycles. The molecule has 1 saturated heterocycles. The van der Waals surface area contributed by atoms with E-state index >= 15 is 0 Å². The number of nitrogens with one attached hydrogen (secondary N) is 1. The first-order valence-electron chi connectivity index (χ1n) is 3.21. The van der Waals surface area contributed by atoms with E-state index in [9.17, 15) is 4.79 Å². The van der Waals surface area contributed by atoms with Crippen molar-refractivity contribution in [1.29, 1.82) is 0 Å². The van der Waals surface area contributed by atoms with Crippen LogP contribution in [0.25, 0.3) is 0 Å². The maximum absolute atomic E-state index is 10.9. The van der Waals surface area contributed by atoms with Crippen LogP contribution in [0.15, 0.2) is 0 Å². The molecule has 4 nitrogen and oxygen atoms in total. The second-order valence-electron chi connectivity index (χ2n) is 2.32. The zero-order valence-electron chi connectivity index (χ0n) is 5.83. The van der Waals surface area contributed by atoms with E-state index < -0.39 is 12.1 Å². The van der Waals surface area contributed by atoms with Gasteiger partial charge in [-0.3, -0.25) is 4.79 Å². The molecule has 0 aromatic rings. The van der Waals surface area contributed by atoms with Crippen LogP contribution in [0.5, 0.6) is 0 Å². The molecule has 1 heterocycles. The predicted octanol–water partition coefficient (Wildman–Crippen LogP) is -1.47. The molecule has 2 atom stereocenters. The first kappa shape index (κ1) is 7.65. The van der Waals surface area contributed by atoms with Gasteiger partial charge in [0, 0.05) is 0 Å². The molecule has 1 fully saturated rings. The monoisotopic (exact) mass is 145 g/mol. The van der Waals surface area contributed by atoms with Crippen LogP contribution >= 0.6 is 0 Å². The van der Waals surface area contributed by atoms with Crippen molar-refractivity contribution in [2.75, 3.05) is 20.3 Å². The van der Waals surface area contributed by atoms with Gasteiger partial charge in [-0.25, -0.2) is 0 Å². The Morgan fingerprint density at radius 3 is 2.90 bits per heavy atom. The van der Waals surface area contributed by atoms with Crippen LogP contribution < -0.4 is 5.32 Å². The summed E-state index contributed by atoms with van der Waals surface area (Å²) in [5, 5.41) is 11.9. The summed E-state index contributed by atoms with van der Waals surface area (Å²) in [5.74, 6) is -0.0822. The van der Waals surface area contributed by atoms with E-state index in [1.54, 1.807) is 7.05 Å². The molecule has 2 N–H and O–H groups in total. The van der Waals surface area contributed by atoms with Crippen LogP contribution in [0.1, 0.15) is 0 Å². The summed E-state index contributed by atoms with van der Waals surface area (Å²) in [7, 11) is 1.65. The number of likely N-dealkylation sites (N-methyl/N-ethyl adjacent to an activating group) is 1. The molecular weight excluding hydrogens is 134 g/mol. The molecule has 1 aliphatic rings. The van der Waals surface area contributed by atoms with Gasteiger partial charge in [0.25, 0.3) is 0 Å². The molecule has 0 aromatic heterocycles. The highest BCUT2D eigenvalue weighted by Gasteiger charge is 2.29. The second kappa shape index (κ2) is 3.09. The topological polar surface area (TPSA) is 58.6 Å². The molecule has 0 aliphatic carbocycles. The maximum atomic E-state index is 10.9. The van der Waals surface area contributed by atoms with Crippen molar-refractivity contribution < 1.29 is 14.6 Å². The van der Waals surface area contributed by atoms with E-state index in [0.29, 0.717) is 0 Å². The summed E-state index contributed by atoms with van der Waals surface area (Å²) >= 11 is 0. The Kier molecular flexibility index (Phi) is 2.37. The van der Waals surface area contributed by atoms with Gasteiger partial charge < -0.3 is 15.2 Å². The van der Waals surface area contributed by atoms with Gasteiger partial charge in [-0.05, 0) is 7.05 Å². The second-order valence-corrected chi connectivity index (χ2v) is 2.32. The number of hydrogen-bond donors (Lipinski definition) is 2. The van der Waals surface area contributed by atoms with Crippen LogP contribution in [-0.2, 0) is 9.53 Å². The smallest absolute Gasteiger partial charge is 0.178 e. The Morgan fingerprint density at radius 2 is 2.50 bits per heavy atom. The van der Waals surface area contributed by atoms with Gasteiger partial charge in [0.2, 0.25) is 0 Å². The lowest BCUT2D eigenvalue weighted by atomic mass is 10.1. The van der Waals surface area contributed by atoms with Gasteiger partial charge in [-0.2, -0.15) is 0 Å². The van der Waals surface area contributed by atoms with Gasteiger partial charge in [-0.15, -0.1) is 0 Å². The fourth-order valence-electron chi connectivity index (χ4n) is 1.03. The van der Waals surface area contributed by atoms with E-state index in [-0.39, 0.29) is 19.0 Å². The fraction of sp³-hybridized carbons (Fsp3) is 0.833. The first-order valence-corrected chi connectivity index (χ1v) is 3.21. The van der Waals surface area contributed by atoms with Gasteiger partial charge in [0.15, 0.2) is 5.78 Å². The molecule has 0 radical (unpaired) electrons. The average Bonchev–Trinajstić information content (AvgIpc) is 1.88. The summed E-state index contributed by atoms with van der Waals surface area (Å²) < 4.78 is 4.79. The molecule has 10 heavy (non-hydrogen) atoms. The molecular formula is C6H11NO3. The molecule has 1 aliphatic heterocycles. The number of ether oxygens (including phenoxy) is 1. The van der Waals surface area contributed by atoms with Crippen LogP contribution in [0.3, 0.4) is 0 Å². The van der Waals surface area contributed by atoms with Crippen molar-refractivity contribution in [2.24, 2.45) is 0 Å². The van der Waals surface area contributed by atoms with Crippen LogP contribution in [0.2, 0.25) is 0 Å². The highest BCUT2D eigenvalue weighted by atomic mass is 16.5. The number of Topliss-reactive ketones (excluding diaryl/α,β-unsaturated/α-hetero) is 1. The zero-order valence-corrected chi connectivity index (χ0v) is 5.83. The van der Waals surface area contributed by atoms with Crippen molar-refractivity contribution in [3.63, 3.8) is 0 Å². The molecule has 0 bridgehead atoms. The number of rotatable bonds is 1. The van der Waals surface area contributed by atoms with E-state index in [2.05, 4.69) is 5.32 Å². The van der Waals surface area contributed by atoms with E-state index in [0.717, 1.165) is 0 Å². The van der Waals surface area contributed by atoms with Crippen LogP contribution in [-0.4, -0.2) is 43.3 Å². The maximum Gasteiger partial charge on any atom is 0.178 e. The Labute approximate surface area is 59.2 Å². The van der Waals surface area contributed by atoms with E-state index in [1.807, 2.05) is 0 Å². The third-order valence-electron chi connectivity index (χ3n) is 1.58. The lowest BCUT2D eigenvalue weighted by Gasteiger charge is -2.25. The van der Waals surface area contributed by atoms with Crippen molar-refractivity contribution >= 4 is 5.78 Å². The zero-order chi connectivity index (χ0) is 7.56. The number of ketones is 1. The van der Waals surface area contributed by atoms with E-state index in [1.165, 1.54) is 0 Å². The lowest BCUT2D eigenvalue weighted by molar-refractivity contribution is -0.137. The Hall–Kier alpha value is -0.450. The highest BCUT2D eigenvalue weighted by molar-refractivity contribution is 5.86. The van der Waals surface area contributed by atoms with Crippen LogP contribution in [0, 0.1) is 0 Å². The summed E-state index contributed by atoms with van der Waals surface area (Å²) in [6.07, 6.45) is -0.689. The molecule has 0 unspecified atom stereocenters. The van der Waals surface area contributed by atoms with Crippen molar-refractivity contribution in [2.45, 2.75) is 12.1 Å². The van der Waals surface area contributed by atoms with Crippen molar-refractivity contribution in [3.8, 4) is 0 Å². The number of aliphatic hydroxyl groups is 1. The van der Waals surface area contributed by atoms with Crippen LogP contribution in [0.4, 0.5) is 0 Å². The SMILES string of the molecule is CN[C@@H]1C(=O)COC[C@@H]1O. The van der Waals surface area contributed by atoms with E-state index in [4.69, 9.17) is 9.84 Å². The Bertz CT molecular complexity index is 137. The molecule has 0 amide bonds. The summed E-state index contributed by atoms with van der Waals surface area (Å²) in [6.45, 7) is 0.361. The van der Waals surface area contributed by atoms with Crippen molar-refractivity contribution in [1.82, 2.24) is 5.32 Å². The van der Waals surface area contributed by atoms with Crippen molar-refractivity contribution in [3.05, 3.63) is 0 Å². The molecule has 0 saturated carbocycles. The predicted molar refractivity (Wildman–Crippen MR) is 34.7 cm³/mol. The van der Waals surface area contributed by atoms with Gasteiger partial charge >= 0.3 is 0 Å². The minimum absolute atomic E-state index is 0.0822. The fourth-order valence-corrected chi connectivity index (χ4v) is 1.03. The largest absolute Gasteiger partial charge is 0.389 e. The normalized spacial score (nSPS) is 34.4. The number of carbonyl (C=O) groups excluding carboxylic acids is 1. The summed E-state index contributed by atoms with van der Waals surface area (Å²) in [5.41, 5.74) is 0. The summed E-state index contributed by atoms with van der Waals surface area (Å²) in [4.78, 5) is 10.9. The molecule has 0 spiro atoms. The minimum atomic E-state index is -0.689. The highest BCUT2D eigenvalue weighted by Crippen LogP contribution is 2.02. The molecule has 1 rings (SSSR count). The average molecular weight is 145 g/mol. The number of hydrogen-bond acceptors (Lipinski definition) is 4. The third kappa shape index (κ3) is 1.34. The number of aliphatic hydroxyl groups excluding tert-OH is 1. The molecule has 4 heteroatoms. The first-order chi connectivity index (χ1) is 4.75. The van der Waals surface area contributed by atoms with Gasteiger partial charge in [0.1, 0.15) is 6.61 Å². The third-order valence-corrected chi connectivity index (χ3v) is 1.58. The standard InChI is InChI=1S/C6H11NO3/c1-7-6-4(8)2-10-3-5(6)9/h4,6-8H,2-3H2,1H3/t4-,6-/m0/s1. The Balaban J connectivity index is 2.53. The molecule has 58 valence electrons. The van der Waals surface area contributed by atoms with Gasteiger partial charge in [-0.1, -0.05) is 0 Å². The summed E-state index contributed by atoms with van der Waals surface area (Å²) in [6, 6.07) is -0.436. The Morgan fingerprint density at radius 1 is 1.80 bits per heavy atom. The van der Waals surface area contributed by atoms with Gasteiger partial charge in [0.05, 0.1) is 18.8 Å². The number of carbonyl (C=O) groups is 1. The lowest BCUT2D eigenvalue weighted by Crippen LogP contribution is -2.51. The quantitative estimate of drug-likeness (QED) is 0.473. The minimum Gasteiger partial charge on any atom is -0.389 e.